The molecule has 1 aliphatic rings. The lowest BCUT2D eigenvalue weighted by molar-refractivity contribution is -0.385. The molecule has 2 rings (SSSR count). The highest BCUT2D eigenvalue weighted by Gasteiger charge is 2.28. The number of carboxylic acid groups (broad SMARTS) is 1. The van der Waals surface area contributed by atoms with Crippen LogP contribution in [0, 0.1) is 10.1 Å². The van der Waals surface area contributed by atoms with Crippen molar-refractivity contribution in [1.82, 2.24) is 0 Å². The van der Waals surface area contributed by atoms with Gasteiger partial charge < -0.3 is 14.9 Å². The van der Waals surface area contributed by atoms with Crippen molar-refractivity contribution in [3.63, 3.8) is 0 Å². The van der Waals surface area contributed by atoms with Crippen LogP contribution in [0.2, 0.25) is 0 Å². The fraction of sp³-hybridized carbons (Fsp3) is 0.417. The summed E-state index contributed by atoms with van der Waals surface area (Å²) in [5, 5.41) is 29.3. The zero-order chi connectivity index (χ0) is 14.0. The van der Waals surface area contributed by atoms with E-state index in [2.05, 4.69) is 0 Å². The second-order valence-corrected chi connectivity index (χ2v) is 4.40. The maximum Gasteiger partial charge on any atom is 0.342 e. The second kappa shape index (κ2) is 5.23. The molecule has 102 valence electrons. The zero-order valence-electron chi connectivity index (χ0n) is 9.98. The van der Waals surface area contributed by atoms with Crippen LogP contribution >= 0.6 is 0 Å². The molecule has 0 saturated heterocycles. The minimum absolute atomic E-state index is 0.217. The lowest BCUT2D eigenvalue weighted by Gasteiger charge is -2.17. The number of aromatic carboxylic acids is 1. The molecule has 1 saturated carbocycles. The van der Waals surface area contributed by atoms with Gasteiger partial charge in [-0.1, -0.05) is 0 Å². The van der Waals surface area contributed by atoms with E-state index in [1.54, 1.807) is 0 Å². The minimum atomic E-state index is -1.39. The smallest absolute Gasteiger partial charge is 0.342 e. The molecule has 7 heteroatoms. The molecule has 2 unspecified atom stereocenters. The van der Waals surface area contributed by atoms with E-state index in [-0.39, 0.29) is 11.9 Å². The van der Waals surface area contributed by atoms with Crippen LogP contribution in [0.15, 0.2) is 18.2 Å². The number of carbonyl (C=O) groups is 1. The van der Waals surface area contributed by atoms with Gasteiger partial charge in [0.05, 0.1) is 11.0 Å². The number of benzene rings is 1. The number of hydrogen-bond acceptors (Lipinski definition) is 5. The Kier molecular flexibility index (Phi) is 3.66. The summed E-state index contributed by atoms with van der Waals surface area (Å²) in [5.74, 6) is -1.17. The number of ether oxygens (including phenoxy) is 1. The number of hydrogen-bond donors (Lipinski definition) is 2. The monoisotopic (exact) mass is 267 g/mol. The average molecular weight is 267 g/mol. The summed E-state index contributed by atoms with van der Waals surface area (Å²) in [4.78, 5) is 20.9. The Morgan fingerprint density at radius 1 is 1.42 bits per heavy atom. The summed E-state index contributed by atoms with van der Waals surface area (Å²) in [6.07, 6.45) is 1.20. The summed E-state index contributed by atoms with van der Waals surface area (Å²) in [7, 11) is 0. The van der Waals surface area contributed by atoms with Crippen LogP contribution in [0.5, 0.6) is 5.75 Å². The van der Waals surface area contributed by atoms with Gasteiger partial charge in [-0.25, -0.2) is 4.79 Å². The first kappa shape index (κ1) is 13.3. The van der Waals surface area contributed by atoms with Gasteiger partial charge in [0.25, 0.3) is 5.69 Å². The Hall–Kier alpha value is -2.15. The molecular formula is C12H13NO6. The van der Waals surface area contributed by atoms with Gasteiger partial charge in [0.2, 0.25) is 0 Å². The molecule has 7 nitrogen and oxygen atoms in total. The van der Waals surface area contributed by atoms with E-state index < -0.39 is 28.2 Å². The van der Waals surface area contributed by atoms with Gasteiger partial charge >= 0.3 is 5.97 Å². The van der Waals surface area contributed by atoms with Crippen molar-refractivity contribution in [3.8, 4) is 5.75 Å². The van der Waals surface area contributed by atoms with Crippen LogP contribution in [0.3, 0.4) is 0 Å². The predicted octanol–water partition coefficient (Wildman–Crippen LogP) is 1.59. The van der Waals surface area contributed by atoms with Gasteiger partial charge in [-0.15, -0.1) is 0 Å². The van der Waals surface area contributed by atoms with Gasteiger partial charge in [-0.05, 0) is 25.3 Å². The average Bonchev–Trinajstić information content (AvgIpc) is 2.74. The van der Waals surface area contributed by atoms with Crippen molar-refractivity contribution in [2.45, 2.75) is 31.5 Å². The highest BCUT2D eigenvalue weighted by Crippen LogP contribution is 2.28. The first-order chi connectivity index (χ1) is 8.99. The van der Waals surface area contributed by atoms with Gasteiger partial charge in [0, 0.05) is 12.1 Å². The van der Waals surface area contributed by atoms with E-state index in [0.717, 1.165) is 18.6 Å². The van der Waals surface area contributed by atoms with Gasteiger partial charge in [-0.2, -0.15) is 0 Å². The molecule has 0 aliphatic heterocycles. The van der Waals surface area contributed by atoms with Crippen LogP contribution in [0.4, 0.5) is 5.69 Å². The fourth-order valence-corrected chi connectivity index (χ4v) is 2.14. The third-order valence-electron chi connectivity index (χ3n) is 3.10. The number of aliphatic hydroxyl groups is 1. The molecule has 0 spiro atoms. The molecule has 2 N–H and O–H groups in total. The van der Waals surface area contributed by atoms with Gasteiger partial charge in [-0.3, -0.25) is 10.1 Å². The first-order valence-electron chi connectivity index (χ1n) is 5.85. The lowest BCUT2D eigenvalue weighted by Crippen LogP contribution is -2.25. The minimum Gasteiger partial charge on any atom is -0.488 e. The number of nitro benzene ring substituents is 1. The number of nitro groups is 1. The van der Waals surface area contributed by atoms with E-state index in [0.29, 0.717) is 12.8 Å². The van der Waals surface area contributed by atoms with Crippen molar-refractivity contribution in [2.24, 2.45) is 0 Å². The molecule has 0 bridgehead atoms. The molecule has 0 amide bonds. The quantitative estimate of drug-likeness (QED) is 0.633. The van der Waals surface area contributed by atoms with E-state index >= 15 is 0 Å². The lowest BCUT2D eigenvalue weighted by atomic mass is 10.1. The molecule has 19 heavy (non-hydrogen) atoms. The Morgan fingerprint density at radius 2 is 2.16 bits per heavy atom. The maximum absolute atomic E-state index is 11.0. The van der Waals surface area contributed by atoms with Crippen LogP contribution in [0.25, 0.3) is 0 Å². The standard InChI is InChI=1S/C12H13NO6/c14-10-2-1-3-11(10)19-7-4-5-9(13(17)18)8(6-7)12(15)16/h4-6,10-11,14H,1-3H2,(H,15,16). The number of rotatable bonds is 4. The predicted molar refractivity (Wildman–Crippen MR) is 64.3 cm³/mol. The Labute approximate surface area is 108 Å². The fourth-order valence-electron chi connectivity index (χ4n) is 2.14. The molecule has 1 aromatic carbocycles. The van der Waals surface area contributed by atoms with E-state index in [1.807, 2.05) is 0 Å². The van der Waals surface area contributed by atoms with Crippen molar-refractivity contribution >= 4 is 11.7 Å². The largest absolute Gasteiger partial charge is 0.488 e. The third kappa shape index (κ3) is 2.82. The molecular weight excluding hydrogens is 254 g/mol. The molecule has 0 aromatic heterocycles. The van der Waals surface area contributed by atoms with E-state index in [1.165, 1.54) is 6.07 Å². The second-order valence-electron chi connectivity index (χ2n) is 4.40. The highest BCUT2D eigenvalue weighted by atomic mass is 16.6. The summed E-state index contributed by atoms with van der Waals surface area (Å²) in [5.41, 5.74) is -0.901. The van der Waals surface area contributed by atoms with Crippen LogP contribution < -0.4 is 4.74 Å². The first-order valence-corrected chi connectivity index (χ1v) is 5.85. The van der Waals surface area contributed by atoms with Crippen molar-refractivity contribution < 1.29 is 24.7 Å². The van der Waals surface area contributed by atoms with E-state index in [9.17, 15) is 20.0 Å². The van der Waals surface area contributed by atoms with Crippen molar-refractivity contribution in [3.05, 3.63) is 33.9 Å². The molecule has 1 aromatic rings. The summed E-state index contributed by atoms with van der Waals surface area (Å²) in [6.45, 7) is 0. The summed E-state index contributed by atoms with van der Waals surface area (Å²) in [6, 6.07) is 3.56. The van der Waals surface area contributed by atoms with Crippen LogP contribution in [-0.2, 0) is 0 Å². The molecule has 1 aliphatic carbocycles. The highest BCUT2D eigenvalue weighted by molar-refractivity contribution is 5.92. The third-order valence-corrected chi connectivity index (χ3v) is 3.10. The van der Waals surface area contributed by atoms with E-state index in [4.69, 9.17) is 9.84 Å². The maximum atomic E-state index is 11.0. The molecule has 1 fully saturated rings. The number of nitrogens with zero attached hydrogens (tertiary/aromatic N) is 1. The Balaban J connectivity index is 2.25. The van der Waals surface area contributed by atoms with Crippen molar-refractivity contribution in [1.29, 1.82) is 0 Å². The number of carboxylic acids is 1. The topological polar surface area (TPSA) is 110 Å². The normalized spacial score (nSPS) is 22.2. The summed E-state index contributed by atoms with van der Waals surface area (Å²) < 4.78 is 5.48. The van der Waals surface area contributed by atoms with Crippen LogP contribution in [-0.4, -0.2) is 33.3 Å². The Bertz CT molecular complexity index is 515. The molecule has 0 heterocycles. The van der Waals surface area contributed by atoms with Crippen molar-refractivity contribution in [2.75, 3.05) is 0 Å². The van der Waals surface area contributed by atoms with Gasteiger partial charge in [0.1, 0.15) is 17.4 Å². The molecule has 0 radical (unpaired) electrons. The SMILES string of the molecule is O=C(O)c1cc(OC2CCCC2O)ccc1[N+](=O)[O-]. The van der Waals surface area contributed by atoms with Gasteiger partial charge in [0.15, 0.2) is 0 Å². The number of aliphatic hydroxyl groups excluding tert-OH is 1. The Morgan fingerprint density at radius 3 is 2.68 bits per heavy atom. The summed E-state index contributed by atoms with van der Waals surface area (Å²) >= 11 is 0. The zero-order valence-corrected chi connectivity index (χ0v) is 9.98. The van der Waals surface area contributed by atoms with Crippen LogP contribution in [0.1, 0.15) is 29.6 Å². The molecule has 2 atom stereocenters.